The van der Waals surface area contributed by atoms with Gasteiger partial charge in [0.2, 0.25) is 0 Å². The molecule has 11 heteroatoms. The number of hydrogen-bond acceptors (Lipinski definition) is 7. The van der Waals surface area contributed by atoms with E-state index in [0.29, 0.717) is 24.2 Å². The smallest absolute Gasteiger partial charge is 0.372 e. The van der Waals surface area contributed by atoms with Crippen LogP contribution in [0.1, 0.15) is 116 Å². The number of benzene rings is 1. The Kier molecular flexibility index (Phi) is 15.7. The first-order valence-corrected chi connectivity index (χ1v) is 21.3. The number of aliphatic imine (C=N–C) groups is 1. The zero-order chi connectivity index (χ0) is 40.3. The summed E-state index contributed by atoms with van der Waals surface area (Å²) in [6.45, 7) is 24.4. The average molecular weight is 779 g/mol. The van der Waals surface area contributed by atoms with E-state index in [-0.39, 0.29) is 11.3 Å². The lowest BCUT2D eigenvalue weighted by Gasteiger charge is -2.36. The van der Waals surface area contributed by atoms with Gasteiger partial charge < -0.3 is 24.8 Å². The molecule has 0 spiro atoms. The minimum Gasteiger partial charge on any atom is -0.372 e. The second-order valence-electron chi connectivity index (χ2n) is 17.2. The van der Waals surface area contributed by atoms with E-state index >= 15 is 0 Å². The molecule has 2 N–H and O–H groups in total. The van der Waals surface area contributed by atoms with Crippen LogP contribution in [0, 0.1) is 5.41 Å². The lowest BCUT2D eigenvalue weighted by molar-refractivity contribution is -0.139. The number of aromatic nitrogens is 2. The Labute approximate surface area is 335 Å². The van der Waals surface area contributed by atoms with Gasteiger partial charge in [0.25, 0.3) is 0 Å². The number of hydrogen-bond donors (Lipinski definition) is 2. The highest BCUT2D eigenvalue weighted by Gasteiger charge is 2.35. The molecule has 0 radical (unpaired) electrons. The number of piperidine rings is 1. The number of anilines is 2. The van der Waals surface area contributed by atoms with Gasteiger partial charge in [-0.2, -0.15) is 13.2 Å². The number of fused-ring (bicyclic) bond motifs is 1. The number of nitrogens with zero attached hydrogens (tertiary/aromatic N) is 6. The third-order valence-corrected chi connectivity index (χ3v) is 11.6. The first kappa shape index (κ1) is 43.6. The number of hydrazine groups is 1. The first-order valence-electron chi connectivity index (χ1n) is 21.3. The van der Waals surface area contributed by atoms with E-state index in [1.807, 2.05) is 18.3 Å². The standard InChI is InChI=1S/C37H51F3N6.C8H18N2/c1-26(2)34-31(22-29(24-42-34)45-19-17-44(18-20-45)27-9-10-27)35-32(23-36(3,4)13-14-41-5)30-21-28(43-15-7-6-8-16-43)11-12-33(30)46(35)25-37(38,39)40;1-3-5-6-7-8-10-9-4-2/h11-12,21-22,24,26-27H,5-10,13-20,23,25H2,1-4H3;4,9-10H,2-3,5-8H2,1H3. The largest absolute Gasteiger partial charge is 0.406 e. The van der Waals surface area contributed by atoms with Crippen LogP contribution in [0.2, 0.25) is 0 Å². The van der Waals surface area contributed by atoms with E-state index in [1.165, 1.54) is 44.9 Å². The second-order valence-corrected chi connectivity index (χ2v) is 17.2. The molecule has 8 nitrogen and oxygen atoms in total. The van der Waals surface area contributed by atoms with Crippen molar-refractivity contribution >= 4 is 29.0 Å². The summed E-state index contributed by atoms with van der Waals surface area (Å²) < 4.78 is 45.1. The molecule has 0 atom stereocenters. The summed E-state index contributed by atoms with van der Waals surface area (Å²) in [6.07, 6.45) is 11.9. The molecule has 2 saturated heterocycles. The number of rotatable bonds is 18. The molecule has 1 aliphatic carbocycles. The van der Waals surface area contributed by atoms with E-state index in [1.54, 1.807) is 10.8 Å². The maximum absolute atomic E-state index is 14.5. The molecule has 3 aliphatic rings. The molecule has 4 heterocycles. The molecule has 0 amide bonds. The second kappa shape index (κ2) is 20.2. The zero-order valence-corrected chi connectivity index (χ0v) is 35.0. The van der Waals surface area contributed by atoms with Crippen molar-refractivity contribution < 1.29 is 13.2 Å². The number of unbranched alkanes of at least 4 members (excludes halogenated alkanes) is 3. The Morgan fingerprint density at radius 2 is 1.66 bits per heavy atom. The van der Waals surface area contributed by atoms with Crippen molar-refractivity contribution in [1.29, 1.82) is 0 Å². The van der Waals surface area contributed by atoms with Gasteiger partial charge in [-0.25, -0.2) is 5.43 Å². The lowest BCUT2D eigenvalue weighted by atomic mass is 9.81. The van der Waals surface area contributed by atoms with Gasteiger partial charge in [-0.05, 0) is 99.2 Å². The maximum atomic E-state index is 14.5. The van der Waals surface area contributed by atoms with Crippen LogP contribution < -0.4 is 20.7 Å². The Morgan fingerprint density at radius 3 is 2.29 bits per heavy atom. The molecule has 6 rings (SSSR count). The van der Waals surface area contributed by atoms with Crippen molar-refractivity contribution in [3.8, 4) is 11.3 Å². The maximum Gasteiger partial charge on any atom is 0.406 e. The topological polar surface area (TPSA) is 64.0 Å². The van der Waals surface area contributed by atoms with Crippen LogP contribution in [0.3, 0.4) is 0 Å². The minimum atomic E-state index is -4.38. The summed E-state index contributed by atoms with van der Waals surface area (Å²) in [5, 5.41) is 0.917. The van der Waals surface area contributed by atoms with Crippen molar-refractivity contribution in [2.24, 2.45) is 10.4 Å². The monoisotopic (exact) mass is 779 g/mol. The molecular formula is C45H69F3N8. The van der Waals surface area contributed by atoms with Crippen molar-refractivity contribution in [3.05, 3.63) is 54.5 Å². The van der Waals surface area contributed by atoms with Crippen molar-refractivity contribution in [1.82, 2.24) is 25.3 Å². The van der Waals surface area contributed by atoms with Gasteiger partial charge >= 0.3 is 6.18 Å². The van der Waals surface area contributed by atoms with Gasteiger partial charge in [0, 0.05) is 86.8 Å². The highest BCUT2D eigenvalue weighted by atomic mass is 19.4. The van der Waals surface area contributed by atoms with Crippen LogP contribution in [0.4, 0.5) is 24.5 Å². The molecule has 310 valence electrons. The molecular weight excluding hydrogens is 710 g/mol. The quantitative estimate of drug-likeness (QED) is 0.0762. The molecule has 1 saturated carbocycles. The molecule has 0 unspecified atom stereocenters. The molecule has 1 aromatic carbocycles. The van der Waals surface area contributed by atoms with Crippen LogP contribution in [-0.2, 0) is 13.0 Å². The summed E-state index contributed by atoms with van der Waals surface area (Å²) in [5.74, 6) is 0.0443. The van der Waals surface area contributed by atoms with Gasteiger partial charge in [0.1, 0.15) is 6.54 Å². The van der Waals surface area contributed by atoms with Gasteiger partial charge in [0.15, 0.2) is 0 Å². The highest BCUT2D eigenvalue weighted by molar-refractivity contribution is 5.95. The third-order valence-electron chi connectivity index (χ3n) is 11.6. The van der Waals surface area contributed by atoms with E-state index in [9.17, 15) is 13.2 Å². The fourth-order valence-corrected chi connectivity index (χ4v) is 8.40. The Bertz CT molecular complexity index is 1700. The lowest BCUT2D eigenvalue weighted by Crippen LogP contribution is -2.47. The molecule has 56 heavy (non-hydrogen) atoms. The first-order chi connectivity index (χ1) is 26.9. The summed E-state index contributed by atoms with van der Waals surface area (Å²) in [4.78, 5) is 16.5. The van der Waals surface area contributed by atoms with E-state index < -0.39 is 12.7 Å². The van der Waals surface area contributed by atoms with Crippen molar-refractivity contribution in [2.45, 2.75) is 130 Å². The van der Waals surface area contributed by atoms with Crippen molar-refractivity contribution in [3.63, 3.8) is 0 Å². The third kappa shape index (κ3) is 12.0. The summed E-state index contributed by atoms with van der Waals surface area (Å²) in [7, 11) is 0. The van der Waals surface area contributed by atoms with Crippen LogP contribution in [-0.4, -0.2) is 85.7 Å². The average Bonchev–Trinajstić information content (AvgIpc) is 4.00. The van der Waals surface area contributed by atoms with Gasteiger partial charge in [-0.1, -0.05) is 60.5 Å². The number of halogens is 3. The predicted octanol–water partition coefficient (Wildman–Crippen LogP) is 10.1. The van der Waals surface area contributed by atoms with Gasteiger partial charge in [-0.3, -0.25) is 9.88 Å². The number of pyridine rings is 1. The van der Waals surface area contributed by atoms with Crippen LogP contribution in [0.5, 0.6) is 0 Å². The number of alkyl halides is 3. The Balaban J connectivity index is 0.000000530. The van der Waals surface area contributed by atoms with Gasteiger partial charge in [-0.15, -0.1) is 0 Å². The minimum absolute atomic E-state index is 0.0443. The van der Waals surface area contributed by atoms with E-state index in [4.69, 9.17) is 4.98 Å². The number of piperazine rings is 1. The normalized spacial score (nSPS) is 16.9. The zero-order valence-electron chi connectivity index (χ0n) is 35.0. The van der Waals surface area contributed by atoms with E-state index in [0.717, 1.165) is 105 Å². The highest BCUT2D eigenvalue weighted by Crippen LogP contribution is 2.44. The SMILES string of the molecule is C=CNNCCCCCC.C=NCCC(C)(C)Cc1c(-c2cc(N3CCN(C4CC4)CC3)cnc2C(C)C)n(CC(F)(F)F)c2ccc(N3CCCCC3)cc12. The van der Waals surface area contributed by atoms with Gasteiger partial charge in [0.05, 0.1) is 23.3 Å². The fraction of sp³-hybridized carbons (Fsp3) is 0.644. The molecule has 3 fully saturated rings. The molecule has 2 aliphatic heterocycles. The predicted molar refractivity (Wildman–Crippen MR) is 230 cm³/mol. The Morgan fingerprint density at radius 1 is 0.946 bits per heavy atom. The molecule has 2 aromatic heterocycles. The van der Waals surface area contributed by atoms with E-state index in [2.05, 4.69) is 90.6 Å². The fourth-order valence-electron chi connectivity index (χ4n) is 8.40. The molecule has 3 aromatic rings. The molecule has 0 bridgehead atoms. The van der Waals surface area contributed by atoms with Crippen LogP contribution >= 0.6 is 0 Å². The summed E-state index contributed by atoms with van der Waals surface area (Å²) in [5.41, 5.74) is 11.7. The number of nitrogens with one attached hydrogen (secondary N) is 2. The Hall–Kier alpha value is -3.57. The van der Waals surface area contributed by atoms with Crippen molar-refractivity contribution in [2.75, 3.05) is 62.2 Å². The van der Waals surface area contributed by atoms with Crippen LogP contribution in [0.15, 0.2) is 48.2 Å². The summed E-state index contributed by atoms with van der Waals surface area (Å²) >= 11 is 0. The van der Waals surface area contributed by atoms with Crippen LogP contribution in [0.25, 0.3) is 22.2 Å². The summed E-state index contributed by atoms with van der Waals surface area (Å²) in [6, 6.07) is 8.99.